The van der Waals surface area contributed by atoms with Gasteiger partial charge in [0.2, 0.25) is 0 Å². The molecule has 7 nitrogen and oxygen atoms in total. The van der Waals surface area contributed by atoms with E-state index in [0.717, 1.165) is 0 Å². The van der Waals surface area contributed by atoms with Crippen LogP contribution in [0.15, 0.2) is 41.8 Å². The molecule has 136 valence electrons. The number of nitrogens with one attached hydrogen (secondary N) is 2. The van der Waals surface area contributed by atoms with E-state index in [1.54, 1.807) is 41.8 Å². The van der Waals surface area contributed by atoms with Crippen LogP contribution in [-0.2, 0) is 14.3 Å². The van der Waals surface area contributed by atoms with Crippen LogP contribution in [0, 0.1) is 0 Å². The molecule has 0 bridgehead atoms. The van der Waals surface area contributed by atoms with E-state index in [1.165, 1.54) is 18.4 Å². The van der Waals surface area contributed by atoms with Gasteiger partial charge in [-0.25, -0.2) is 0 Å². The largest absolute Gasteiger partial charge is 0.456 e. The minimum Gasteiger partial charge on any atom is -0.456 e. The zero-order chi connectivity index (χ0) is 18.9. The number of hydrogen-bond acceptors (Lipinski definition) is 6. The van der Waals surface area contributed by atoms with E-state index in [0.29, 0.717) is 16.1 Å². The number of ether oxygens (including phenoxy) is 1. The van der Waals surface area contributed by atoms with Crippen molar-refractivity contribution >= 4 is 40.6 Å². The second-order valence-electron chi connectivity index (χ2n) is 5.27. The summed E-state index contributed by atoms with van der Waals surface area (Å²) in [5.41, 5.74) is 0.943. The summed E-state index contributed by atoms with van der Waals surface area (Å²) in [5, 5.41) is 6.84. The fourth-order valence-corrected chi connectivity index (χ4v) is 2.73. The number of ketones is 1. The Labute approximate surface area is 154 Å². The van der Waals surface area contributed by atoms with Crippen LogP contribution in [0.1, 0.15) is 32.9 Å². The van der Waals surface area contributed by atoms with Gasteiger partial charge in [0, 0.05) is 24.7 Å². The third-order valence-electron chi connectivity index (χ3n) is 3.37. The maximum absolute atomic E-state index is 11.8. The second kappa shape index (κ2) is 9.47. The molecule has 0 atom stereocenters. The highest BCUT2D eigenvalue weighted by Crippen LogP contribution is 2.13. The van der Waals surface area contributed by atoms with Crippen LogP contribution in [0.3, 0.4) is 0 Å². The molecule has 2 amide bonds. The van der Waals surface area contributed by atoms with Crippen LogP contribution in [0.25, 0.3) is 0 Å². The Kier molecular flexibility index (Phi) is 7.04. The summed E-state index contributed by atoms with van der Waals surface area (Å²) in [6.07, 6.45) is -0.0350. The lowest BCUT2D eigenvalue weighted by Gasteiger charge is -2.07. The number of rotatable bonds is 8. The maximum Gasteiger partial charge on any atom is 0.306 e. The molecule has 8 heteroatoms. The Balaban J connectivity index is 1.71. The molecule has 2 aromatic rings. The molecule has 0 radical (unpaired) electrons. The highest BCUT2D eigenvalue weighted by Gasteiger charge is 2.12. The fourth-order valence-electron chi connectivity index (χ4n) is 2.04. The van der Waals surface area contributed by atoms with Crippen molar-refractivity contribution in [1.82, 2.24) is 5.32 Å². The predicted octanol–water partition coefficient (Wildman–Crippen LogP) is 2.25. The summed E-state index contributed by atoms with van der Waals surface area (Å²) in [6, 6.07) is 9.74. The Morgan fingerprint density at radius 3 is 2.38 bits per heavy atom. The Morgan fingerprint density at radius 1 is 1.04 bits per heavy atom. The Morgan fingerprint density at radius 2 is 1.77 bits per heavy atom. The molecule has 0 spiro atoms. The van der Waals surface area contributed by atoms with Gasteiger partial charge in [-0.3, -0.25) is 19.2 Å². The molecular weight excluding hydrogens is 356 g/mol. The van der Waals surface area contributed by atoms with E-state index in [2.05, 4.69) is 10.6 Å². The minimum absolute atomic E-state index is 0.0436. The molecule has 1 aromatic carbocycles. The van der Waals surface area contributed by atoms with E-state index in [-0.39, 0.29) is 24.5 Å². The van der Waals surface area contributed by atoms with Gasteiger partial charge in [0.1, 0.15) is 0 Å². The molecule has 0 unspecified atom stereocenters. The van der Waals surface area contributed by atoms with Crippen molar-refractivity contribution in [2.24, 2.45) is 0 Å². The third-order valence-corrected chi connectivity index (χ3v) is 4.29. The van der Waals surface area contributed by atoms with Crippen LogP contribution in [0.2, 0.25) is 0 Å². The van der Waals surface area contributed by atoms with Gasteiger partial charge in [-0.15, -0.1) is 11.3 Å². The molecule has 0 aliphatic heterocycles. The molecule has 0 saturated heterocycles. The summed E-state index contributed by atoms with van der Waals surface area (Å²) in [5.74, 6) is -1.47. The highest BCUT2D eigenvalue weighted by atomic mass is 32.1. The SMILES string of the molecule is CNC(=O)c1ccc(NC(=O)COC(=O)CCC(=O)c2cccs2)cc1. The number of Topliss-reactive ketones (excluding diaryl/α,β-unsaturated/α-hetero) is 1. The zero-order valence-corrected chi connectivity index (χ0v) is 14.9. The van der Waals surface area contributed by atoms with Crippen LogP contribution in [0.4, 0.5) is 5.69 Å². The monoisotopic (exact) mass is 374 g/mol. The molecule has 1 heterocycles. The summed E-state index contributed by atoms with van der Waals surface area (Å²) < 4.78 is 4.86. The quantitative estimate of drug-likeness (QED) is 0.545. The first-order valence-corrected chi connectivity index (χ1v) is 8.72. The van der Waals surface area contributed by atoms with Crippen molar-refractivity contribution in [2.45, 2.75) is 12.8 Å². The van der Waals surface area contributed by atoms with Crippen molar-refractivity contribution < 1.29 is 23.9 Å². The first kappa shape index (κ1) is 19.3. The summed E-state index contributed by atoms with van der Waals surface area (Å²) in [6.45, 7) is -0.441. The lowest BCUT2D eigenvalue weighted by atomic mass is 10.2. The van der Waals surface area contributed by atoms with Gasteiger partial charge < -0.3 is 15.4 Å². The van der Waals surface area contributed by atoms with Crippen molar-refractivity contribution in [1.29, 1.82) is 0 Å². The van der Waals surface area contributed by atoms with Gasteiger partial charge in [-0.1, -0.05) is 6.07 Å². The van der Waals surface area contributed by atoms with Crippen molar-refractivity contribution in [3.05, 3.63) is 52.2 Å². The fraction of sp³-hybridized carbons (Fsp3) is 0.222. The molecular formula is C18H18N2O5S. The van der Waals surface area contributed by atoms with Crippen molar-refractivity contribution in [2.75, 3.05) is 19.0 Å². The number of amides is 2. The number of hydrogen-bond donors (Lipinski definition) is 2. The Hall–Kier alpha value is -3.00. The molecule has 2 rings (SSSR count). The number of benzene rings is 1. The number of carbonyl (C=O) groups is 4. The lowest BCUT2D eigenvalue weighted by Crippen LogP contribution is -2.21. The molecule has 0 saturated carbocycles. The first-order chi connectivity index (χ1) is 12.5. The van der Waals surface area contributed by atoms with Crippen molar-refractivity contribution in [3.8, 4) is 0 Å². The standard InChI is InChI=1S/C18H18N2O5S/c1-19-18(24)12-4-6-13(7-5-12)20-16(22)11-25-17(23)9-8-14(21)15-3-2-10-26-15/h2-7,10H,8-9,11H2,1H3,(H,19,24)(H,20,22). The van der Waals surface area contributed by atoms with E-state index in [9.17, 15) is 19.2 Å². The number of thiophene rings is 1. The summed E-state index contributed by atoms with van der Waals surface area (Å²) >= 11 is 1.32. The third kappa shape index (κ3) is 5.82. The van der Waals surface area contributed by atoms with Gasteiger partial charge >= 0.3 is 5.97 Å². The zero-order valence-electron chi connectivity index (χ0n) is 14.1. The molecule has 26 heavy (non-hydrogen) atoms. The topological polar surface area (TPSA) is 102 Å². The maximum atomic E-state index is 11.8. The average Bonchev–Trinajstić information content (AvgIpc) is 3.19. The smallest absolute Gasteiger partial charge is 0.306 e. The van der Waals surface area contributed by atoms with Crippen molar-refractivity contribution in [3.63, 3.8) is 0 Å². The lowest BCUT2D eigenvalue weighted by molar-refractivity contribution is -0.147. The molecule has 0 aliphatic rings. The van der Waals surface area contributed by atoms with E-state index >= 15 is 0 Å². The molecule has 2 N–H and O–H groups in total. The highest BCUT2D eigenvalue weighted by molar-refractivity contribution is 7.12. The second-order valence-corrected chi connectivity index (χ2v) is 6.21. The molecule has 1 aromatic heterocycles. The van der Waals surface area contributed by atoms with Crippen LogP contribution >= 0.6 is 11.3 Å². The average molecular weight is 374 g/mol. The number of esters is 1. The van der Waals surface area contributed by atoms with Crippen LogP contribution in [-0.4, -0.2) is 37.2 Å². The minimum atomic E-state index is -0.611. The number of anilines is 1. The van der Waals surface area contributed by atoms with Gasteiger partial charge in [-0.2, -0.15) is 0 Å². The normalized spacial score (nSPS) is 10.0. The van der Waals surface area contributed by atoms with Crippen LogP contribution in [0.5, 0.6) is 0 Å². The van der Waals surface area contributed by atoms with E-state index in [4.69, 9.17) is 4.74 Å². The van der Waals surface area contributed by atoms with E-state index < -0.39 is 18.5 Å². The number of carbonyl (C=O) groups excluding carboxylic acids is 4. The van der Waals surface area contributed by atoms with Crippen LogP contribution < -0.4 is 10.6 Å². The molecule has 0 fully saturated rings. The first-order valence-electron chi connectivity index (χ1n) is 7.84. The van der Waals surface area contributed by atoms with Gasteiger partial charge in [0.15, 0.2) is 12.4 Å². The molecule has 0 aliphatic carbocycles. The summed E-state index contributed by atoms with van der Waals surface area (Å²) in [4.78, 5) is 47.2. The van der Waals surface area contributed by atoms with Gasteiger partial charge in [0.25, 0.3) is 11.8 Å². The predicted molar refractivity (Wildman–Crippen MR) is 97.3 cm³/mol. The van der Waals surface area contributed by atoms with Gasteiger partial charge in [0.05, 0.1) is 11.3 Å². The summed E-state index contributed by atoms with van der Waals surface area (Å²) in [7, 11) is 1.53. The Bertz CT molecular complexity index is 784. The van der Waals surface area contributed by atoms with E-state index in [1.807, 2.05) is 0 Å². The van der Waals surface area contributed by atoms with Gasteiger partial charge in [-0.05, 0) is 35.7 Å².